The Balaban J connectivity index is 1.53. The third-order valence-corrected chi connectivity index (χ3v) is 7.36. The van der Waals surface area contributed by atoms with Crippen molar-refractivity contribution in [2.75, 3.05) is 6.54 Å². The number of nitrogens with one attached hydrogen (secondary N) is 1. The van der Waals surface area contributed by atoms with Gasteiger partial charge in [0, 0.05) is 41.9 Å². The van der Waals surface area contributed by atoms with Crippen LogP contribution in [-0.4, -0.2) is 35.2 Å². The maximum atomic E-state index is 12.3. The second-order valence-corrected chi connectivity index (χ2v) is 9.65. The van der Waals surface area contributed by atoms with Crippen LogP contribution in [0.15, 0.2) is 77.1 Å². The first-order valence-electron chi connectivity index (χ1n) is 12.5. The van der Waals surface area contributed by atoms with Crippen LogP contribution in [0, 0.1) is 0 Å². The number of nitrogens with zero attached hydrogens (tertiary/aromatic N) is 1. The number of carbonyl (C=O) groups excluding carboxylic acids is 2. The van der Waals surface area contributed by atoms with Gasteiger partial charge in [-0.3, -0.25) is 14.5 Å². The number of ketones is 1. The van der Waals surface area contributed by atoms with Gasteiger partial charge >= 0.3 is 0 Å². The fraction of sp³-hybridized carbons (Fsp3) is 0.333. The van der Waals surface area contributed by atoms with Gasteiger partial charge in [0.25, 0.3) is 5.91 Å². The van der Waals surface area contributed by atoms with Crippen molar-refractivity contribution >= 4 is 17.3 Å². The van der Waals surface area contributed by atoms with E-state index in [0.29, 0.717) is 24.2 Å². The number of carbonyl (C=O) groups is 2. The summed E-state index contributed by atoms with van der Waals surface area (Å²) < 4.78 is 5.30. The van der Waals surface area contributed by atoms with Crippen molar-refractivity contribution < 1.29 is 14.0 Å². The van der Waals surface area contributed by atoms with E-state index in [2.05, 4.69) is 22.3 Å². The molecule has 0 saturated carbocycles. The van der Waals surface area contributed by atoms with Crippen molar-refractivity contribution in [3.8, 4) is 0 Å². The van der Waals surface area contributed by atoms with Crippen LogP contribution < -0.4 is 5.32 Å². The monoisotopic (exact) mass is 468 g/mol. The van der Waals surface area contributed by atoms with Crippen LogP contribution in [0.4, 0.5) is 0 Å². The van der Waals surface area contributed by atoms with Gasteiger partial charge in [0.1, 0.15) is 0 Å². The van der Waals surface area contributed by atoms with Crippen molar-refractivity contribution in [1.29, 1.82) is 0 Å². The minimum atomic E-state index is -0.0579. The molecule has 35 heavy (non-hydrogen) atoms. The summed E-state index contributed by atoms with van der Waals surface area (Å²) in [6.45, 7) is 5.06. The van der Waals surface area contributed by atoms with E-state index >= 15 is 0 Å². The van der Waals surface area contributed by atoms with E-state index in [1.54, 1.807) is 13.2 Å². The Morgan fingerprint density at radius 3 is 2.26 bits per heavy atom. The average molecular weight is 469 g/mol. The van der Waals surface area contributed by atoms with Gasteiger partial charge in [-0.2, -0.15) is 0 Å². The first-order valence-corrected chi connectivity index (χ1v) is 12.5. The molecule has 2 aromatic carbocycles. The number of hydrogen-bond donors (Lipinski definition) is 1. The Labute approximate surface area is 206 Å². The normalized spacial score (nSPS) is 19.5. The highest BCUT2D eigenvalue weighted by atomic mass is 16.3. The van der Waals surface area contributed by atoms with Gasteiger partial charge < -0.3 is 9.73 Å². The summed E-state index contributed by atoms with van der Waals surface area (Å²) >= 11 is 0. The van der Waals surface area contributed by atoms with Gasteiger partial charge in [0.05, 0.1) is 12.5 Å². The molecule has 2 atom stereocenters. The second kappa shape index (κ2) is 10.0. The molecule has 3 aromatic rings. The highest BCUT2D eigenvalue weighted by molar-refractivity contribution is 5.97. The van der Waals surface area contributed by atoms with Crippen LogP contribution in [0.1, 0.15) is 76.9 Å². The molecule has 0 spiro atoms. The smallest absolute Gasteiger partial charge is 0.251 e. The summed E-state index contributed by atoms with van der Waals surface area (Å²) in [5.41, 5.74) is 7.41. The van der Waals surface area contributed by atoms with E-state index < -0.39 is 0 Å². The van der Waals surface area contributed by atoms with Gasteiger partial charge in [-0.05, 0) is 80.5 Å². The molecule has 0 radical (unpaired) electrons. The SMILES string of the molecule is CCNC(=O)c1ccc(C(=C2CC3CCC(C2)N3Cc2ccoc2)c2cccc(C(C)=O)c2)cc1. The maximum absolute atomic E-state index is 12.3. The predicted molar refractivity (Wildman–Crippen MR) is 137 cm³/mol. The Morgan fingerprint density at radius 2 is 1.63 bits per heavy atom. The largest absolute Gasteiger partial charge is 0.472 e. The molecule has 1 N–H and O–H groups in total. The van der Waals surface area contributed by atoms with Crippen LogP contribution in [0.25, 0.3) is 5.57 Å². The highest BCUT2D eigenvalue weighted by Crippen LogP contribution is 2.43. The summed E-state index contributed by atoms with van der Waals surface area (Å²) in [5.74, 6) is 0.00946. The molecular formula is C30H32N2O3. The number of fused-ring (bicyclic) bond motifs is 2. The Kier molecular flexibility index (Phi) is 6.69. The van der Waals surface area contributed by atoms with Crippen molar-refractivity contribution in [2.45, 2.75) is 58.2 Å². The molecule has 2 bridgehead atoms. The molecule has 5 rings (SSSR count). The van der Waals surface area contributed by atoms with Crippen LogP contribution in [0.3, 0.4) is 0 Å². The third kappa shape index (κ3) is 4.87. The lowest BCUT2D eigenvalue weighted by atomic mass is 9.84. The van der Waals surface area contributed by atoms with Crippen molar-refractivity contribution in [1.82, 2.24) is 10.2 Å². The lowest BCUT2D eigenvalue weighted by Crippen LogP contribution is -2.40. The van der Waals surface area contributed by atoms with Crippen LogP contribution >= 0.6 is 0 Å². The van der Waals surface area contributed by atoms with Crippen molar-refractivity contribution in [3.05, 3.63) is 101 Å². The van der Waals surface area contributed by atoms with E-state index in [1.807, 2.05) is 55.7 Å². The zero-order valence-electron chi connectivity index (χ0n) is 20.4. The number of rotatable bonds is 7. The Hall–Kier alpha value is -3.44. The number of piperidine rings is 1. The summed E-state index contributed by atoms with van der Waals surface area (Å²) in [4.78, 5) is 27.1. The number of furan rings is 1. The van der Waals surface area contributed by atoms with Crippen LogP contribution in [0.2, 0.25) is 0 Å². The molecule has 0 aliphatic carbocycles. The molecule has 2 fully saturated rings. The molecule has 1 aromatic heterocycles. The number of Topliss-reactive ketones (excluding diaryl/α,β-unsaturated/α-hetero) is 1. The molecule has 1 amide bonds. The average Bonchev–Trinajstić information content (AvgIpc) is 3.45. The molecule has 2 aliphatic heterocycles. The third-order valence-electron chi connectivity index (χ3n) is 7.36. The van der Waals surface area contributed by atoms with Gasteiger partial charge in [-0.15, -0.1) is 0 Å². The maximum Gasteiger partial charge on any atom is 0.251 e. The summed E-state index contributed by atoms with van der Waals surface area (Å²) in [6.07, 6.45) is 8.00. The van der Waals surface area contributed by atoms with Crippen molar-refractivity contribution in [2.24, 2.45) is 0 Å². The molecule has 2 saturated heterocycles. The van der Waals surface area contributed by atoms with Crippen LogP contribution in [0.5, 0.6) is 0 Å². The van der Waals surface area contributed by atoms with E-state index in [4.69, 9.17) is 4.42 Å². The van der Waals surface area contributed by atoms with E-state index in [1.165, 1.54) is 29.6 Å². The molecule has 2 unspecified atom stereocenters. The number of hydrogen-bond acceptors (Lipinski definition) is 4. The standard InChI is InChI=1S/C30H32N2O3/c1-3-31-30(34)23-9-7-22(8-10-23)29(25-6-4-5-24(15-25)20(2)33)26-16-27-11-12-28(17-26)32(27)18-21-13-14-35-19-21/h4-10,13-15,19,27-28H,3,11-12,16-18H2,1-2H3,(H,31,34). The van der Waals surface area contributed by atoms with E-state index in [9.17, 15) is 9.59 Å². The Bertz CT molecular complexity index is 1220. The zero-order valence-corrected chi connectivity index (χ0v) is 20.4. The summed E-state index contributed by atoms with van der Waals surface area (Å²) in [7, 11) is 0. The lowest BCUT2D eigenvalue weighted by molar-refractivity contribution is 0.0954. The molecule has 5 heteroatoms. The van der Waals surface area contributed by atoms with E-state index in [0.717, 1.165) is 36.1 Å². The topological polar surface area (TPSA) is 62.6 Å². The minimum absolute atomic E-state index is 0.0579. The van der Waals surface area contributed by atoms with Crippen LogP contribution in [-0.2, 0) is 6.54 Å². The van der Waals surface area contributed by atoms with Crippen molar-refractivity contribution in [3.63, 3.8) is 0 Å². The lowest BCUT2D eigenvalue weighted by Gasteiger charge is -2.37. The second-order valence-electron chi connectivity index (χ2n) is 9.65. The predicted octanol–water partition coefficient (Wildman–Crippen LogP) is 5.86. The number of amides is 1. The van der Waals surface area contributed by atoms with Gasteiger partial charge in [0.15, 0.2) is 5.78 Å². The first-order chi connectivity index (χ1) is 17.0. The summed E-state index contributed by atoms with van der Waals surface area (Å²) in [5, 5.41) is 2.87. The first kappa shape index (κ1) is 23.3. The van der Waals surface area contributed by atoms with Gasteiger partial charge in [0.2, 0.25) is 0 Å². The molecule has 3 heterocycles. The van der Waals surface area contributed by atoms with Gasteiger partial charge in [-0.1, -0.05) is 35.9 Å². The molecule has 2 aliphatic rings. The highest BCUT2D eigenvalue weighted by Gasteiger charge is 2.39. The molecular weight excluding hydrogens is 436 g/mol. The molecule has 180 valence electrons. The fourth-order valence-electron chi connectivity index (χ4n) is 5.68. The quantitative estimate of drug-likeness (QED) is 0.441. The van der Waals surface area contributed by atoms with Gasteiger partial charge in [-0.25, -0.2) is 0 Å². The zero-order chi connectivity index (χ0) is 24.4. The van der Waals surface area contributed by atoms with E-state index in [-0.39, 0.29) is 11.7 Å². The fourth-order valence-corrected chi connectivity index (χ4v) is 5.68. The Morgan fingerprint density at radius 1 is 0.943 bits per heavy atom. The summed E-state index contributed by atoms with van der Waals surface area (Å²) in [6, 6.07) is 18.9. The minimum Gasteiger partial charge on any atom is -0.472 e. The number of benzene rings is 2. The molecule has 5 nitrogen and oxygen atoms in total.